The lowest BCUT2D eigenvalue weighted by Gasteiger charge is -2.10. The van der Waals surface area contributed by atoms with E-state index in [4.69, 9.17) is 4.74 Å². The van der Waals surface area contributed by atoms with Crippen LogP contribution in [0.25, 0.3) is 11.1 Å². The zero-order valence-corrected chi connectivity index (χ0v) is 11.9. The molecule has 0 aromatic heterocycles. The molecule has 0 radical (unpaired) electrons. The lowest BCUT2D eigenvalue weighted by atomic mass is 9.95. The van der Waals surface area contributed by atoms with Crippen molar-refractivity contribution in [2.24, 2.45) is 0 Å². The summed E-state index contributed by atoms with van der Waals surface area (Å²) in [6.07, 6.45) is 0. The molecule has 0 fully saturated rings. The Kier molecular flexibility index (Phi) is 4.08. The molecule has 104 valence electrons. The Bertz CT molecular complexity index is 604. The van der Waals surface area contributed by atoms with Crippen LogP contribution in [-0.4, -0.2) is 17.7 Å². The number of carboxylic acid groups (broad SMARTS) is 1. The van der Waals surface area contributed by atoms with E-state index in [2.05, 4.69) is 0 Å². The molecule has 2 aromatic carbocycles. The van der Waals surface area contributed by atoms with Crippen molar-refractivity contribution in [2.75, 3.05) is 6.61 Å². The molecule has 20 heavy (non-hydrogen) atoms. The summed E-state index contributed by atoms with van der Waals surface area (Å²) in [4.78, 5) is 11.2. The highest BCUT2D eigenvalue weighted by Crippen LogP contribution is 2.27. The third-order valence-corrected chi connectivity index (χ3v) is 3.25. The highest BCUT2D eigenvalue weighted by molar-refractivity contribution is 5.92. The molecule has 0 aliphatic carbocycles. The molecule has 0 atom stereocenters. The minimum absolute atomic E-state index is 0.389. The van der Waals surface area contributed by atoms with Crippen molar-refractivity contribution in [1.29, 1.82) is 0 Å². The average Bonchev–Trinajstić information content (AvgIpc) is 2.38. The van der Waals surface area contributed by atoms with E-state index >= 15 is 0 Å². The van der Waals surface area contributed by atoms with Crippen molar-refractivity contribution in [3.05, 3.63) is 53.1 Å². The fourth-order valence-electron chi connectivity index (χ4n) is 2.38. The van der Waals surface area contributed by atoms with Gasteiger partial charge in [0.2, 0.25) is 0 Å². The standard InChI is InChI=1S/C17H18O3/c1-4-20-15-7-5-13(6-8-15)14-9-11(2)16(17(18)19)12(3)10-14/h5-10H,4H2,1-3H3,(H,18,19). The Morgan fingerprint density at radius 1 is 1.05 bits per heavy atom. The second-order valence-electron chi connectivity index (χ2n) is 4.75. The van der Waals surface area contributed by atoms with Gasteiger partial charge in [0, 0.05) is 0 Å². The van der Waals surface area contributed by atoms with E-state index in [0.717, 1.165) is 28.0 Å². The summed E-state index contributed by atoms with van der Waals surface area (Å²) in [6.45, 7) is 6.25. The first-order chi connectivity index (χ1) is 9.52. The molecule has 0 aliphatic heterocycles. The summed E-state index contributed by atoms with van der Waals surface area (Å²) in [5.41, 5.74) is 4.02. The van der Waals surface area contributed by atoms with E-state index in [1.165, 1.54) is 0 Å². The molecule has 2 rings (SSSR count). The van der Waals surface area contributed by atoms with Crippen LogP contribution in [0.5, 0.6) is 5.75 Å². The molecule has 0 aliphatic rings. The van der Waals surface area contributed by atoms with Gasteiger partial charge in [-0.1, -0.05) is 24.3 Å². The number of aryl methyl sites for hydroxylation is 2. The van der Waals surface area contributed by atoms with Crippen LogP contribution in [0.3, 0.4) is 0 Å². The van der Waals surface area contributed by atoms with Gasteiger partial charge in [0.05, 0.1) is 12.2 Å². The van der Waals surface area contributed by atoms with Crippen molar-refractivity contribution < 1.29 is 14.6 Å². The van der Waals surface area contributed by atoms with Crippen molar-refractivity contribution in [1.82, 2.24) is 0 Å². The number of hydrogen-bond donors (Lipinski definition) is 1. The van der Waals surface area contributed by atoms with E-state index in [-0.39, 0.29) is 0 Å². The molecular weight excluding hydrogens is 252 g/mol. The Hall–Kier alpha value is -2.29. The van der Waals surface area contributed by atoms with Gasteiger partial charge in [0.25, 0.3) is 0 Å². The first kappa shape index (κ1) is 14.1. The Morgan fingerprint density at radius 2 is 1.60 bits per heavy atom. The average molecular weight is 270 g/mol. The summed E-state index contributed by atoms with van der Waals surface area (Å²) in [6, 6.07) is 11.6. The predicted molar refractivity (Wildman–Crippen MR) is 79.5 cm³/mol. The van der Waals surface area contributed by atoms with Crippen LogP contribution in [-0.2, 0) is 0 Å². The van der Waals surface area contributed by atoms with E-state index < -0.39 is 5.97 Å². The van der Waals surface area contributed by atoms with Gasteiger partial charge in [-0.05, 0) is 55.2 Å². The zero-order chi connectivity index (χ0) is 14.7. The maximum Gasteiger partial charge on any atom is 0.336 e. The molecule has 3 nitrogen and oxygen atoms in total. The minimum Gasteiger partial charge on any atom is -0.494 e. The van der Waals surface area contributed by atoms with E-state index in [9.17, 15) is 9.90 Å². The number of hydrogen-bond acceptors (Lipinski definition) is 2. The van der Waals surface area contributed by atoms with Crippen LogP contribution in [0.1, 0.15) is 28.4 Å². The van der Waals surface area contributed by atoms with Gasteiger partial charge in [-0.25, -0.2) is 4.79 Å². The topological polar surface area (TPSA) is 46.5 Å². The number of ether oxygens (including phenoxy) is 1. The highest BCUT2D eigenvalue weighted by Gasteiger charge is 2.12. The second kappa shape index (κ2) is 5.78. The maximum absolute atomic E-state index is 11.2. The van der Waals surface area contributed by atoms with Gasteiger partial charge in [0.15, 0.2) is 0 Å². The lowest BCUT2D eigenvalue weighted by molar-refractivity contribution is 0.0695. The Labute approximate surface area is 118 Å². The van der Waals surface area contributed by atoms with Gasteiger partial charge >= 0.3 is 5.97 Å². The minimum atomic E-state index is -0.877. The zero-order valence-electron chi connectivity index (χ0n) is 11.9. The van der Waals surface area contributed by atoms with Gasteiger partial charge in [-0.2, -0.15) is 0 Å². The van der Waals surface area contributed by atoms with Crippen LogP contribution in [0.2, 0.25) is 0 Å². The second-order valence-corrected chi connectivity index (χ2v) is 4.75. The van der Waals surface area contributed by atoms with E-state index in [1.54, 1.807) is 0 Å². The molecule has 0 unspecified atom stereocenters. The molecule has 0 amide bonds. The van der Waals surface area contributed by atoms with E-state index in [0.29, 0.717) is 12.2 Å². The maximum atomic E-state index is 11.2. The summed E-state index contributed by atoms with van der Waals surface area (Å²) < 4.78 is 5.42. The molecule has 3 heteroatoms. The Balaban J connectivity index is 2.40. The largest absolute Gasteiger partial charge is 0.494 e. The van der Waals surface area contributed by atoms with Crippen LogP contribution >= 0.6 is 0 Å². The molecule has 1 N–H and O–H groups in total. The SMILES string of the molecule is CCOc1ccc(-c2cc(C)c(C(=O)O)c(C)c2)cc1. The van der Waals surface area contributed by atoms with Crippen molar-refractivity contribution in [3.8, 4) is 16.9 Å². The number of carbonyl (C=O) groups is 1. The van der Waals surface area contributed by atoms with Gasteiger partial charge in [0.1, 0.15) is 5.75 Å². The molecule has 0 saturated heterocycles. The van der Waals surface area contributed by atoms with E-state index in [1.807, 2.05) is 57.2 Å². The molecule has 0 spiro atoms. The number of carboxylic acids is 1. The fourth-order valence-corrected chi connectivity index (χ4v) is 2.38. The van der Waals surface area contributed by atoms with Gasteiger partial charge in [-0.3, -0.25) is 0 Å². The van der Waals surface area contributed by atoms with Crippen molar-refractivity contribution >= 4 is 5.97 Å². The monoisotopic (exact) mass is 270 g/mol. The molecule has 0 bridgehead atoms. The summed E-state index contributed by atoms with van der Waals surface area (Å²) >= 11 is 0. The fraction of sp³-hybridized carbons (Fsp3) is 0.235. The summed E-state index contributed by atoms with van der Waals surface area (Å²) in [5, 5.41) is 9.19. The number of benzene rings is 2. The predicted octanol–water partition coefficient (Wildman–Crippen LogP) is 4.07. The summed E-state index contributed by atoms with van der Waals surface area (Å²) in [7, 11) is 0. The lowest BCUT2D eigenvalue weighted by Crippen LogP contribution is -2.03. The van der Waals surface area contributed by atoms with Crippen LogP contribution in [0, 0.1) is 13.8 Å². The van der Waals surface area contributed by atoms with Crippen molar-refractivity contribution in [3.63, 3.8) is 0 Å². The highest BCUT2D eigenvalue weighted by atomic mass is 16.5. The smallest absolute Gasteiger partial charge is 0.336 e. The first-order valence-corrected chi connectivity index (χ1v) is 6.60. The van der Waals surface area contributed by atoms with Crippen LogP contribution < -0.4 is 4.74 Å². The number of rotatable bonds is 4. The molecule has 2 aromatic rings. The van der Waals surface area contributed by atoms with Crippen molar-refractivity contribution in [2.45, 2.75) is 20.8 Å². The third kappa shape index (κ3) is 2.82. The first-order valence-electron chi connectivity index (χ1n) is 6.60. The normalized spacial score (nSPS) is 10.3. The molecule has 0 saturated carbocycles. The molecule has 0 heterocycles. The Morgan fingerprint density at radius 3 is 2.05 bits per heavy atom. The molecular formula is C17H18O3. The van der Waals surface area contributed by atoms with Crippen LogP contribution in [0.15, 0.2) is 36.4 Å². The third-order valence-electron chi connectivity index (χ3n) is 3.25. The van der Waals surface area contributed by atoms with Gasteiger partial charge in [-0.15, -0.1) is 0 Å². The quantitative estimate of drug-likeness (QED) is 0.911. The van der Waals surface area contributed by atoms with Gasteiger partial charge < -0.3 is 9.84 Å². The summed E-state index contributed by atoms with van der Waals surface area (Å²) in [5.74, 6) is -0.0370. The number of aromatic carboxylic acids is 1. The van der Waals surface area contributed by atoms with Crippen LogP contribution in [0.4, 0.5) is 0 Å².